The minimum absolute atomic E-state index is 0.623. The third-order valence-electron chi connectivity index (χ3n) is 6.84. The van der Waals surface area contributed by atoms with Crippen LogP contribution < -0.4 is 9.47 Å². The molecule has 0 amide bonds. The molecule has 31 heavy (non-hydrogen) atoms. The monoisotopic (exact) mass is 417 g/mol. The number of nitrogens with one attached hydrogen (secondary N) is 2. The van der Waals surface area contributed by atoms with Gasteiger partial charge < -0.3 is 24.3 Å². The number of rotatable bonds is 7. The Bertz CT molecular complexity index is 1170. The number of ether oxygens (including phenoxy) is 2. The van der Waals surface area contributed by atoms with Gasteiger partial charge in [0.2, 0.25) is 0 Å². The molecule has 0 spiro atoms. The topological polar surface area (TPSA) is 53.3 Å². The van der Waals surface area contributed by atoms with E-state index < -0.39 is 0 Å². The third kappa shape index (κ3) is 4.02. The quantitative estimate of drug-likeness (QED) is 0.419. The Kier molecular flexibility index (Phi) is 5.60. The molecule has 0 bridgehead atoms. The van der Waals surface area contributed by atoms with E-state index in [0.29, 0.717) is 5.92 Å². The summed E-state index contributed by atoms with van der Waals surface area (Å²) in [6.07, 6.45) is 9.06. The Morgan fingerprint density at radius 3 is 2.23 bits per heavy atom. The molecule has 2 N–H and O–H groups in total. The van der Waals surface area contributed by atoms with Gasteiger partial charge in [-0.3, -0.25) is 0 Å². The van der Waals surface area contributed by atoms with Crippen LogP contribution in [0.2, 0.25) is 0 Å². The molecular formula is C26H31N3O2. The second-order valence-corrected chi connectivity index (χ2v) is 8.60. The van der Waals surface area contributed by atoms with Gasteiger partial charge in [-0.15, -0.1) is 0 Å². The van der Waals surface area contributed by atoms with Gasteiger partial charge in [-0.25, -0.2) is 0 Å². The number of hydrogen-bond donors (Lipinski definition) is 2. The van der Waals surface area contributed by atoms with Crippen molar-refractivity contribution in [2.75, 3.05) is 33.9 Å². The SMILES string of the molecule is COc1ccc2[nH]cc(CCCN3CCC(c4c[nH]c5ccc(OC)cc45)CC3)c2c1. The molecule has 1 saturated heterocycles. The molecule has 162 valence electrons. The molecule has 0 aliphatic carbocycles. The Balaban J connectivity index is 1.17. The predicted molar refractivity (Wildman–Crippen MR) is 126 cm³/mol. The van der Waals surface area contributed by atoms with Crippen LogP contribution in [0.3, 0.4) is 0 Å². The number of benzene rings is 2. The number of hydrogen-bond acceptors (Lipinski definition) is 3. The van der Waals surface area contributed by atoms with Gasteiger partial charge in [-0.1, -0.05) is 0 Å². The summed E-state index contributed by atoms with van der Waals surface area (Å²) in [5.41, 5.74) is 5.22. The van der Waals surface area contributed by atoms with E-state index in [1.165, 1.54) is 65.3 Å². The lowest BCUT2D eigenvalue weighted by molar-refractivity contribution is 0.211. The van der Waals surface area contributed by atoms with Crippen molar-refractivity contribution < 1.29 is 9.47 Å². The van der Waals surface area contributed by atoms with E-state index in [4.69, 9.17) is 9.47 Å². The predicted octanol–water partition coefficient (Wildman–Crippen LogP) is 5.48. The lowest BCUT2D eigenvalue weighted by Crippen LogP contribution is -2.33. The summed E-state index contributed by atoms with van der Waals surface area (Å²) in [7, 11) is 3.46. The molecule has 0 radical (unpaired) electrons. The van der Waals surface area contributed by atoms with E-state index in [1.807, 2.05) is 12.1 Å². The summed E-state index contributed by atoms with van der Waals surface area (Å²) in [6.45, 7) is 3.50. The Morgan fingerprint density at radius 2 is 1.52 bits per heavy atom. The zero-order valence-corrected chi connectivity index (χ0v) is 18.4. The molecule has 0 atom stereocenters. The molecule has 2 aromatic carbocycles. The molecule has 1 aliphatic rings. The summed E-state index contributed by atoms with van der Waals surface area (Å²) in [5.74, 6) is 2.48. The standard InChI is InChI=1S/C26H31N3O2/c1-30-20-5-7-25-22(14-20)19(16-27-25)4-3-11-29-12-9-18(10-13-29)24-17-28-26-8-6-21(31-2)15-23(24)26/h5-8,14-18,27-28H,3-4,9-13H2,1-2H3. The number of methoxy groups -OCH3 is 2. The Hall–Kier alpha value is -2.92. The molecule has 0 unspecified atom stereocenters. The zero-order chi connectivity index (χ0) is 21.2. The van der Waals surface area contributed by atoms with Crippen LogP contribution in [0, 0.1) is 0 Å². The van der Waals surface area contributed by atoms with Crippen LogP contribution in [0.15, 0.2) is 48.8 Å². The van der Waals surface area contributed by atoms with Gasteiger partial charge in [0.05, 0.1) is 14.2 Å². The minimum Gasteiger partial charge on any atom is -0.497 e. The highest BCUT2D eigenvalue weighted by Gasteiger charge is 2.23. The van der Waals surface area contributed by atoms with E-state index >= 15 is 0 Å². The summed E-state index contributed by atoms with van der Waals surface area (Å²) in [5, 5.41) is 2.60. The van der Waals surface area contributed by atoms with E-state index in [2.05, 4.69) is 51.5 Å². The van der Waals surface area contributed by atoms with Crippen molar-refractivity contribution in [3.63, 3.8) is 0 Å². The first-order valence-corrected chi connectivity index (χ1v) is 11.3. The Labute approximate surface area is 183 Å². The molecule has 4 aromatic rings. The maximum Gasteiger partial charge on any atom is 0.119 e. The smallest absolute Gasteiger partial charge is 0.119 e. The van der Waals surface area contributed by atoms with Crippen molar-refractivity contribution in [3.05, 3.63) is 59.9 Å². The van der Waals surface area contributed by atoms with Crippen LogP contribution in [0.25, 0.3) is 21.8 Å². The normalized spacial score (nSPS) is 15.7. The number of aromatic nitrogens is 2. The number of nitrogens with zero attached hydrogens (tertiary/aromatic N) is 1. The lowest BCUT2D eigenvalue weighted by Gasteiger charge is -2.32. The van der Waals surface area contributed by atoms with Crippen LogP contribution in [0.4, 0.5) is 0 Å². The van der Waals surface area contributed by atoms with Crippen LogP contribution in [-0.2, 0) is 6.42 Å². The second kappa shape index (κ2) is 8.67. The summed E-state index contributed by atoms with van der Waals surface area (Å²) in [6, 6.07) is 12.6. The number of likely N-dealkylation sites (tertiary alicyclic amines) is 1. The van der Waals surface area contributed by atoms with Crippen molar-refractivity contribution in [2.24, 2.45) is 0 Å². The minimum atomic E-state index is 0.623. The van der Waals surface area contributed by atoms with Crippen molar-refractivity contribution in [1.82, 2.24) is 14.9 Å². The first-order chi connectivity index (χ1) is 15.2. The van der Waals surface area contributed by atoms with Gasteiger partial charge in [-0.05, 0) is 98.8 Å². The number of fused-ring (bicyclic) bond motifs is 2. The highest BCUT2D eigenvalue weighted by Crippen LogP contribution is 2.34. The van der Waals surface area contributed by atoms with Gasteiger partial charge in [0.25, 0.3) is 0 Å². The Morgan fingerprint density at radius 1 is 0.871 bits per heavy atom. The number of aryl methyl sites for hydroxylation is 1. The maximum absolute atomic E-state index is 5.43. The highest BCUT2D eigenvalue weighted by atomic mass is 16.5. The van der Waals surface area contributed by atoms with E-state index in [9.17, 15) is 0 Å². The molecule has 2 aromatic heterocycles. The molecule has 5 nitrogen and oxygen atoms in total. The van der Waals surface area contributed by atoms with E-state index in [-0.39, 0.29) is 0 Å². The summed E-state index contributed by atoms with van der Waals surface area (Å²) < 4.78 is 10.8. The highest BCUT2D eigenvalue weighted by molar-refractivity contribution is 5.85. The van der Waals surface area contributed by atoms with E-state index in [0.717, 1.165) is 24.5 Å². The largest absolute Gasteiger partial charge is 0.497 e. The van der Waals surface area contributed by atoms with Gasteiger partial charge >= 0.3 is 0 Å². The average molecular weight is 418 g/mol. The third-order valence-corrected chi connectivity index (χ3v) is 6.84. The van der Waals surface area contributed by atoms with E-state index in [1.54, 1.807) is 14.2 Å². The fourth-order valence-corrected chi connectivity index (χ4v) is 5.04. The molecule has 3 heterocycles. The van der Waals surface area contributed by atoms with Crippen molar-refractivity contribution in [1.29, 1.82) is 0 Å². The first-order valence-electron chi connectivity index (χ1n) is 11.3. The average Bonchev–Trinajstić information content (AvgIpc) is 3.43. The number of aromatic amines is 2. The maximum atomic E-state index is 5.43. The van der Waals surface area contributed by atoms with Gasteiger partial charge in [0.15, 0.2) is 0 Å². The fraction of sp³-hybridized carbons (Fsp3) is 0.385. The van der Waals surface area contributed by atoms with Crippen LogP contribution in [-0.4, -0.2) is 48.7 Å². The summed E-state index contributed by atoms with van der Waals surface area (Å²) >= 11 is 0. The zero-order valence-electron chi connectivity index (χ0n) is 18.4. The van der Waals surface area contributed by atoms with Crippen LogP contribution in [0.1, 0.15) is 36.3 Å². The summed E-state index contributed by atoms with van der Waals surface area (Å²) in [4.78, 5) is 9.46. The van der Waals surface area contributed by atoms with Crippen molar-refractivity contribution >= 4 is 21.8 Å². The molecule has 1 aliphatic heterocycles. The number of piperidine rings is 1. The number of H-pyrrole nitrogens is 2. The van der Waals surface area contributed by atoms with Crippen molar-refractivity contribution in [3.8, 4) is 11.5 Å². The van der Waals surface area contributed by atoms with Gasteiger partial charge in [0, 0.05) is 34.2 Å². The van der Waals surface area contributed by atoms with Crippen LogP contribution >= 0.6 is 0 Å². The fourth-order valence-electron chi connectivity index (χ4n) is 5.04. The second-order valence-electron chi connectivity index (χ2n) is 8.60. The molecule has 0 saturated carbocycles. The van der Waals surface area contributed by atoms with Crippen molar-refractivity contribution in [2.45, 2.75) is 31.6 Å². The lowest BCUT2D eigenvalue weighted by atomic mass is 9.89. The molecule has 5 rings (SSSR count). The molecule has 1 fully saturated rings. The van der Waals surface area contributed by atoms with Gasteiger partial charge in [-0.2, -0.15) is 0 Å². The van der Waals surface area contributed by atoms with Crippen LogP contribution in [0.5, 0.6) is 11.5 Å². The van der Waals surface area contributed by atoms with Gasteiger partial charge in [0.1, 0.15) is 11.5 Å². The molecular weight excluding hydrogens is 386 g/mol. The molecule has 5 heteroatoms. The first kappa shape index (κ1) is 20.0.